The maximum Gasteiger partial charge on any atom is 0.236 e. The van der Waals surface area contributed by atoms with Crippen molar-refractivity contribution < 1.29 is 17.7 Å². The zero-order valence-electron chi connectivity index (χ0n) is 10.9. The molecule has 0 aliphatic heterocycles. The summed E-state index contributed by atoms with van der Waals surface area (Å²) in [7, 11) is -3.11. The second-order valence-electron chi connectivity index (χ2n) is 4.30. The normalized spacial score (nSPS) is 13.2. The number of carbonyl (C=O) groups excluding carboxylic acids is 1. The lowest BCUT2D eigenvalue weighted by Crippen LogP contribution is -2.42. The lowest BCUT2D eigenvalue weighted by atomic mass is 10.2. The second kappa shape index (κ2) is 6.62. The molecule has 1 amide bonds. The van der Waals surface area contributed by atoms with Crippen LogP contribution < -0.4 is 11.1 Å². The first-order valence-corrected chi connectivity index (χ1v) is 7.84. The third-order valence-corrected chi connectivity index (χ3v) is 3.32. The number of nitrogens with one attached hydrogen (secondary N) is 1. The van der Waals surface area contributed by atoms with Crippen molar-refractivity contribution in [3.05, 3.63) is 11.7 Å². The predicted octanol–water partition coefficient (Wildman–Crippen LogP) is -1.20. The van der Waals surface area contributed by atoms with Crippen molar-refractivity contribution in [2.75, 3.05) is 18.6 Å². The van der Waals surface area contributed by atoms with Crippen LogP contribution in [0.1, 0.15) is 18.1 Å². The standard InChI is InChI=1S/C10H18N4O4S/c1-7-13-9(18-14-7)3-5-12-10(15)8(11)4-6-19(2,16)17/h8H,3-6,11H2,1-2H3,(H,12,15). The van der Waals surface area contributed by atoms with E-state index in [0.29, 0.717) is 24.7 Å². The summed E-state index contributed by atoms with van der Waals surface area (Å²) in [5, 5.41) is 6.21. The summed E-state index contributed by atoms with van der Waals surface area (Å²) in [6.45, 7) is 2.01. The minimum absolute atomic E-state index is 0.102. The molecule has 0 aliphatic rings. The Morgan fingerprint density at radius 1 is 1.53 bits per heavy atom. The largest absolute Gasteiger partial charge is 0.354 e. The van der Waals surface area contributed by atoms with E-state index in [-0.39, 0.29) is 18.1 Å². The van der Waals surface area contributed by atoms with E-state index < -0.39 is 15.9 Å². The molecule has 8 nitrogen and oxygen atoms in total. The summed E-state index contributed by atoms with van der Waals surface area (Å²) in [6, 6.07) is -0.834. The van der Waals surface area contributed by atoms with Crippen LogP contribution in [0, 0.1) is 6.92 Å². The fourth-order valence-electron chi connectivity index (χ4n) is 1.34. The highest BCUT2D eigenvalue weighted by molar-refractivity contribution is 7.90. The molecule has 108 valence electrons. The van der Waals surface area contributed by atoms with Crippen LogP contribution in [0.2, 0.25) is 0 Å². The van der Waals surface area contributed by atoms with Gasteiger partial charge in [0.2, 0.25) is 11.8 Å². The monoisotopic (exact) mass is 290 g/mol. The van der Waals surface area contributed by atoms with Crippen molar-refractivity contribution in [1.82, 2.24) is 15.5 Å². The number of nitrogens with zero attached hydrogens (tertiary/aromatic N) is 2. The van der Waals surface area contributed by atoms with E-state index in [2.05, 4.69) is 15.5 Å². The number of nitrogens with two attached hydrogens (primary N) is 1. The number of rotatable bonds is 7. The molecule has 9 heteroatoms. The molecular weight excluding hydrogens is 272 g/mol. The summed E-state index contributed by atoms with van der Waals surface area (Å²) in [5.74, 6) is 0.471. The van der Waals surface area contributed by atoms with Crippen LogP contribution in [-0.2, 0) is 21.1 Å². The summed E-state index contributed by atoms with van der Waals surface area (Å²) >= 11 is 0. The first-order chi connectivity index (χ1) is 8.78. The molecule has 19 heavy (non-hydrogen) atoms. The zero-order chi connectivity index (χ0) is 14.5. The Bertz CT molecular complexity index is 525. The number of aromatic nitrogens is 2. The molecular formula is C10H18N4O4S. The Balaban J connectivity index is 2.27. The van der Waals surface area contributed by atoms with Crippen LogP contribution in [-0.4, -0.2) is 49.1 Å². The number of carbonyl (C=O) groups is 1. The lowest BCUT2D eigenvalue weighted by molar-refractivity contribution is -0.122. The van der Waals surface area contributed by atoms with Gasteiger partial charge in [0.1, 0.15) is 9.84 Å². The molecule has 1 heterocycles. The van der Waals surface area contributed by atoms with Crippen LogP contribution in [0.5, 0.6) is 0 Å². The van der Waals surface area contributed by atoms with E-state index in [0.717, 1.165) is 6.26 Å². The molecule has 1 aromatic rings. The van der Waals surface area contributed by atoms with Gasteiger partial charge in [-0.15, -0.1) is 0 Å². The zero-order valence-corrected chi connectivity index (χ0v) is 11.7. The Morgan fingerprint density at radius 2 is 2.21 bits per heavy atom. The van der Waals surface area contributed by atoms with Crippen LogP contribution in [0.25, 0.3) is 0 Å². The third kappa shape index (κ3) is 6.30. The molecule has 3 N–H and O–H groups in total. The number of hydrogen-bond acceptors (Lipinski definition) is 7. The van der Waals surface area contributed by atoms with Gasteiger partial charge in [0.15, 0.2) is 5.82 Å². The molecule has 1 rings (SSSR count). The molecule has 0 aromatic carbocycles. The third-order valence-electron chi connectivity index (χ3n) is 2.34. The van der Waals surface area contributed by atoms with Gasteiger partial charge in [-0.3, -0.25) is 4.79 Å². The van der Waals surface area contributed by atoms with Gasteiger partial charge in [-0.2, -0.15) is 4.98 Å². The van der Waals surface area contributed by atoms with Gasteiger partial charge in [0, 0.05) is 19.2 Å². The van der Waals surface area contributed by atoms with Crippen LogP contribution >= 0.6 is 0 Å². The predicted molar refractivity (Wildman–Crippen MR) is 68.1 cm³/mol. The van der Waals surface area contributed by atoms with Gasteiger partial charge in [0.05, 0.1) is 11.8 Å². The maximum atomic E-state index is 11.6. The van der Waals surface area contributed by atoms with Gasteiger partial charge < -0.3 is 15.6 Å². The Hall–Kier alpha value is -1.48. The van der Waals surface area contributed by atoms with Gasteiger partial charge in [-0.25, -0.2) is 8.42 Å². The molecule has 0 radical (unpaired) electrons. The van der Waals surface area contributed by atoms with Crippen LogP contribution in [0.3, 0.4) is 0 Å². The average Bonchev–Trinajstić information content (AvgIpc) is 2.71. The smallest absolute Gasteiger partial charge is 0.236 e. The highest BCUT2D eigenvalue weighted by atomic mass is 32.2. The summed E-state index contributed by atoms with van der Waals surface area (Å²) in [5.41, 5.74) is 5.58. The van der Waals surface area contributed by atoms with Crippen molar-refractivity contribution in [1.29, 1.82) is 0 Å². The van der Waals surface area contributed by atoms with E-state index in [9.17, 15) is 13.2 Å². The molecule has 1 aromatic heterocycles. The molecule has 1 unspecified atom stereocenters. The van der Waals surface area contributed by atoms with Gasteiger partial charge in [-0.1, -0.05) is 5.16 Å². The van der Waals surface area contributed by atoms with Gasteiger partial charge >= 0.3 is 0 Å². The van der Waals surface area contributed by atoms with Gasteiger partial charge in [-0.05, 0) is 13.3 Å². The van der Waals surface area contributed by atoms with Crippen molar-refractivity contribution >= 4 is 15.7 Å². The van der Waals surface area contributed by atoms with Crippen molar-refractivity contribution in [2.45, 2.75) is 25.8 Å². The number of hydrogen-bond donors (Lipinski definition) is 2. The lowest BCUT2D eigenvalue weighted by Gasteiger charge is -2.10. The van der Waals surface area contributed by atoms with Crippen molar-refractivity contribution in [2.24, 2.45) is 5.73 Å². The first kappa shape index (κ1) is 15.6. The highest BCUT2D eigenvalue weighted by Gasteiger charge is 2.15. The minimum atomic E-state index is -3.11. The molecule has 0 aliphatic carbocycles. The molecule has 0 saturated heterocycles. The Labute approximate surface area is 111 Å². The van der Waals surface area contributed by atoms with E-state index in [1.165, 1.54) is 0 Å². The Morgan fingerprint density at radius 3 is 2.74 bits per heavy atom. The number of aryl methyl sites for hydroxylation is 1. The fourth-order valence-corrected chi connectivity index (χ4v) is 2.02. The van der Waals surface area contributed by atoms with Gasteiger partial charge in [0.25, 0.3) is 0 Å². The average molecular weight is 290 g/mol. The van der Waals surface area contributed by atoms with Crippen molar-refractivity contribution in [3.63, 3.8) is 0 Å². The van der Waals surface area contributed by atoms with E-state index in [1.807, 2.05) is 0 Å². The van der Waals surface area contributed by atoms with Crippen LogP contribution in [0.15, 0.2) is 4.52 Å². The van der Waals surface area contributed by atoms with Crippen molar-refractivity contribution in [3.8, 4) is 0 Å². The molecule has 1 atom stereocenters. The topological polar surface area (TPSA) is 128 Å². The van der Waals surface area contributed by atoms with E-state index in [1.54, 1.807) is 6.92 Å². The number of amides is 1. The highest BCUT2D eigenvalue weighted by Crippen LogP contribution is 1.97. The first-order valence-electron chi connectivity index (χ1n) is 5.78. The molecule has 0 bridgehead atoms. The minimum Gasteiger partial charge on any atom is -0.354 e. The fraction of sp³-hybridized carbons (Fsp3) is 0.700. The van der Waals surface area contributed by atoms with E-state index in [4.69, 9.17) is 10.3 Å². The van der Waals surface area contributed by atoms with Crippen LogP contribution in [0.4, 0.5) is 0 Å². The number of sulfone groups is 1. The quantitative estimate of drug-likeness (QED) is 0.645. The Kier molecular flexibility index (Phi) is 5.43. The SMILES string of the molecule is Cc1noc(CCNC(=O)C(N)CCS(C)(=O)=O)n1. The van der Waals surface area contributed by atoms with E-state index >= 15 is 0 Å². The summed E-state index contributed by atoms with van der Waals surface area (Å²) in [6.07, 6.45) is 1.62. The summed E-state index contributed by atoms with van der Waals surface area (Å²) in [4.78, 5) is 15.5. The summed E-state index contributed by atoms with van der Waals surface area (Å²) < 4.78 is 26.8. The maximum absolute atomic E-state index is 11.6. The second-order valence-corrected chi connectivity index (χ2v) is 6.56. The molecule has 0 saturated carbocycles. The molecule has 0 spiro atoms. The molecule has 0 fully saturated rings.